The van der Waals surface area contributed by atoms with E-state index in [1.165, 1.54) is 14.8 Å². The molecule has 0 fully saturated rings. The van der Waals surface area contributed by atoms with E-state index in [0.29, 0.717) is 11.1 Å². The minimum absolute atomic E-state index is 0.135. The summed E-state index contributed by atoms with van der Waals surface area (Å²) in [5, 5.41) is 1.72. The first kappa shape index (κ1) is 30.2. The van der Waals surface area contributed by atoms with Crippen molar-refractivity contribution in [1.29, 1.82) is 0 Å². The molecule has 1 atom stereocenters. The zero-order chi connectivity index (χ0) is 30.8. The predicted octanol–water partition coefficient (Wildman–Crippen LogP) is 6.33. The molecule has 0 saturated heterocycles. The summed E-state index contributed by atoms with van der Waals surface area (Å²) in [6.45, 7) is 6.79. The summed E-state index contributed by atoms with van der Waals surface area (Å²) in [5.74, 6) is -0.270. The van der Waals surface area contributed by atoms with Crippen molar-refractivity contribution in [2.75, 3.05) is 0 Å². The van der Waals surface area contributed by atoms with Gasteiger partial charge in [0.1, 0.15) is 0 Å². The van der Waals surface area contributed by atoms with Crippen molar-refractivity contribution in [3.8, 4) is 0 Å². The van der Waals surface area contributed by atoms with Crippen LogP contribution in [0.2, 0.25) is 5.04 Å². The molecule has 0 aromatic heterocycles. The number of carbonyl (C=O) groups excluding carboxylic acids is 2. The van der Waals surface area contributed by atoms with Gasteiger partial charge < -0.3 is 0 Å². The summed E-state index contributed by atoms with van der Waals surface area (Å²) in [4.78, 5) is 29.1. The number of rotatable bonds is 9. The van der Waals surface area contributed by atoms with Crippen molar-refractivity contribution >= 4 is 49.7 Å². The van der Waals surface area contributed by atoms with Gasteiger partial charge in [-0.15, -0.1) is 0 Å². The van der Waals surface area contributed by atoms with E-state index < -0.39 is 13.7 Å². The first-order valence-corrected chi connectivity index (χ1v) is 18.8. The summed E-state index contributed by atoms with van der Waals surface area (Å²) < 4.78 is 8.91. The van der Waals surface area contributed by atoms with Crippen LogP contribution in [0.5, 0.6) is 0 Å². The summed E-state index contributed by atoms with van der Waals surface area (Å²) >= 11 is -0.203. The van der Waals surface area contributed by atoms with Crippen molar-refractivity contribution in [1.82, 2.24) is 0 Å². The molecule has 1 aliphatic carbocycles. The molecule has 5 aromatic rings. The van der Waals surface area contributed by atoms with Gasteiger partial charge in [0.05, 0.1) is 0 Å². The fourth-order valence-corrected chi connectivity index (χ4v) is 14.4. The van der Waals surface area contributed by atoms with Gasteiger partial charge in [0.2, 0.25) is 0 Å². The Kier molecular flexibility index (Phi) is 8.41. The Hall–Kier alpha value is -3.86. The summed E-state index contributed by atoms with van der Waals surface area (Å²) in [5.41, 5.74) is 0.360. The van der Waals surface area contributed by atoms with Crippen LogP contribution in [0.1, 0.15) is 53.5 Å². The number of hydrogen-bond donors (Lipinski definition) is 0. The first-order chi connectivity index (χ1) is 21.3. The number of benzene rings is 5. The molecule has 1 aliphatic rings. The third kappa shape index (κ3) is 5.25. The minimum atomic E-state index is -3.00. The van der Waals surface area contributed by atoms with Crippen LogP contribution in [0.3, 0.4) is 0 Å². The van der Waals surface area contributed by atoms with Crippen LogP contribution in [0, 0.1) is 0 Å². The van der Waals surface area contributed by atoms with Gasteiger partial charge >= 0.3 is 269 Å². The van der Waals surface area contributed by atoms with Crippen molar-refractivity contribution in [3.63, 3.8) is 0 Å². The Bertz CT molecular complexity index is 1680. The van der Waals surface area contributed by atoms with Gasteiger partial charge in [-0.3, -0.25) is 0 Å². The van der Waals surface area contributed by atoms with Crippen molar-refractivity contribution in [2.45, 2.75) is 42.6 Å². The monoisotopic (exact) mass is 660 g/mol. The number of carbonyl (C=O) groups is 2. The second kappa shape index (κ2) is 12.3. The van der Waals surface area contributed by atoms with E-state index in [0.717, 1.165) is 5.56 Å². The first-order valence-electron chi connectivity index (χ1n) is 15.0. The quantitative estimate of drug-likeness (QED) is 0.137. The zero-order valence-corrected chi connectivity index (χ0v) is 28.0. The van der Waals surface area contributed by atoms with E-state index in [1.807, 2.05) is 72.8 Å². The maximum atomic E-state index is 14.6. The van der Waals surface area contributed by atoms with Gasteiger partial charge in [0, 0.05) is 0 Å². The fraction of sp³-hybridized carbons (Fsp3) is 0.179. The Morgan fingerprint density at radius 1 is 0.614 bits per heavy atom. The molecule has 0 radical (unpaired) electrons. The Morgan fingerprint density at radius 2 is 1.02 bits per heavy atom. The molecule has 0 aliphatic heterocycles. The normalized spacial score (nSPS) is 15.2. The molecule has 44 heavy (non-hydrogen) atoms. The van der Waals surface area contributed by atoms with Gasteiger partial charge in [0.25, 0.3) is 0 Å². The van der Waals surface area contributed by atoms with E-state index in [9.17, 15) is 9.59 Å². The van der Waals surface area contributed by atoms with Crippen molar-refractivity contribution in [3.05, 3.63) is 162 Å². The molecular formula is C39H36O3SeSi. The Labute approximate surface area is 267 Å². The molecule has 5 heteroatoms. The topological polar surface area (TPSA) is 43.4 Å². The Balaban J connectivity index is 1.56. The predicted molar refractivity (Wildman–Crippen MR) is 182 cm³/mol. The average Bonchev–Trinajstić information content (AvgIpc) is 3.27. The van der Waals surface area contributed by atoms with E-state index >= 15 is 0 Å². The average molecular weight is 660 g/mol. The number of hydrogen-bond acceptors (Lipinski definition) is 3. The van der Waals surface area contributed by atoms with Crippen LogP contribution >= 0.6 is 0 Å². The maximum absolute atomic E-state index is 14.6. The molecule has 0 amide bonds. The zero-order valence-electron chi connectivity index (χ0n) is 25.3. The van der Waals surface area contributed by atoms with Crippen LogP contribution < -0.4 is 14.8 Å². The van der Waals surface area contributed by atoms with Crippen LogP contribution in [0.4, 0.5) is 0 Å². The van der Waals surface area contributed by atoms with Crippen molar-refractivity contribution < 1.29 is 14.0 Å². The standard InChI is InChI=1S/C39H36O3SeSi/c1-38(2,3)44(31-22-12-6-13-23-31,32-24-14-7-15-25-32)42-35(43-30-20-10-5-11-21-30)28-39(29-18-8-4-9-19-29)36(40)33-26-16-17-27-34(33)37(39)41/h4-27,35H,28H2,1-3H3. The van der Waals surface area contributed by atoms with E-state index in [2.05, 4.69) is 81.4 Å². The third-order valence-electron chi connectivity index (χ3n) is 8.67. The molecule has 0 spiro atoms. The summed E-state index contributed by atoms with van der Waals surface area (Å²) in [6.07, 6.45) is 0.267. The van der Waals surface area contributed by atoms with Crippen LogP contribution in [0.25, 0.3) is 0 Å². The van der Waals surface area contributed by atoms with Gasteiger partial charge in [0.15, 0.2) is 0 Å². The van der Waals surface area contributed by atoms with E-state index in [1.54, 1.807) is 12.1 Å². The molecule has 1 unspecified atom stereocenters. The molecule has 220 valence electrons. The third-order valence-corrected chi connectivity index (χ3v) is 16.3. The molecule has 5 aromatic carbocycles. The second-order valence-electron chi connectivity index (χ2n) is 12.3. The van der Waals surface area contributed by atoms with Crippen molar-refractivity contribution in [2.24, 2.45) is 0 Å². The number of ketones is 2. The molecule has 0 N–H and O–H groups in total. The summed E-state index contributed by atoms with van der Waals surface area (Å²) in [6, 6.07) is 48.4. The van der Waals surface area contributed by atoms with Gasteiger partial charge in [-0.05, 0) is 0 Å². The molecule has 6 rings (SSSR count). The number of Topliss-reactive ketones (excluding diaryl/α,β-unsaturated/α-hetero) is 2. The molecule has 0 saturated carbocycles. The molecular weight excluding hydrogens is 623 g/mol. The summed E-state index contributed by atoms with van der Waals surface area (Å²) in [7, 11) is -3.00. The SMILES string of the molecule is CC(C)(C)[Si](OC(CC1(c2ccccc2)C(=O)c2ccccc2C1=O)[Se]c1ccccc1)(c1ccccc1)c1ccccc1. The van der Waals surface area contributed by atoms with Gasteiger partial charge in [-0.2, -0.15) is 0 Å². The molecule has 3 nitrogen and oxygen atoms in total. The molecule has 0 bridgehead atoms. The second-order valence-corrected chi connectivity index (χ2v) is 19.2. The fourth-order valence-electron chi connectivity index (χ4n) is 6.63. The van der Waals surface area contributed by atoms with Crippen LogP contribution in [-0.4, -0.2) is 39.8 Å². The van der Waals surface area contributed by atoms with Gasteiger partial charge in [-0.25, -0.2) is 0 Å². The van der Waals surface area contributed by atoms with Crippen LogP contribution in [0.15, 0.2) is 146 Å². The van der Waals surface area contributed by atoms with E-state index in [4.69, 9.17) is 4.43 Å². The van der Waals surface area contributed by atoms with Crippen LogP contribution in [-0.2, 0) is 9.84 Å². The number of fused-ring (bicyclic) bond motifs is 1. The van der Waals surface area contributed by atoms with Gasteiger partial charge in [-0.1, -0.05) is 0 Å². The van der Waals surface area contributed by atoms with E-state index in [-0.39, 0.29) is 43.0 Å². The molecule has 0 heterocycles. The Morgan fingerprint density at radius 3 is 1.48 bits per heavy atom.